The highest BCUT2D eigenvalue weighted by Crippen LogP contribution is 2.52. The van der Waals surface area contributed by atoms with E-state index in [2.05, 4.69) is 93.0 Å². The SMILES string of the molecule is CC(=O)c1ccc(C)c(C2=C3C=CC(N4CC(C)C4)C=C3C(C)(C)c3cc(N4CC(C)C4)ccc32)c1. The van der Waals surface area contributed by atoms with Gasteiger partial charge in [0.25, 0.3) is 0 Å². The number of carbonyl (C=O) groups is 1. The van der Waals surface area contributed by atoms with E-state index in [0.717, 1.165) is 30.5 Å². The molecule has 2 aliphatic carbocycles. The number of fused-ring (bicyclic) bond motifs is 2. The van der Waals surface area contributed by atoms with Gasteiger partial charge < -0.3 is 4.90 Å². The minimum atomic E-state index is -0.105. The van der Waals surface area contributed by atoms with Crippen LogP contribution in [0.4, 0.5) is 5.69 Å². The van der Waals surface area contributed by atoms with Crippen LogP contribution in [0.2, 0.25) is 0 Å². The number of likely N-dealkylation sites (tertiary alicyclic amines) is 1. The van der Waals surface area contributed by atoms with Crippen LogP contribution < -0.4 is 4.90 Å². The first-order chi connectivity index (χ1) is 17.1. The zero-order valence-electron chi connectivity index (χ0n) is 22.6. The van der Waals surface area contributed by atoms with Crippen LogP contribution in [0, 0.1) is 18.8 Å². The van der Waals surface area contributed by atoms with Crippen molar-refractivity contribution < 1.29 is 4.79 Å². The van der Waals surface area contributed by atoms with Crippen molar-refractivity contribution in [1.82, 2.24) is 4.90 Å². The van der Waals surface area contributed by atoms with Gasteiger partial charge in [0.05, 0.1) is 0 Å². The van der Waals surface area contributed by atoms with Crippen molar-refractivity contribution in [3.8, 4) is 0 Å². The number of aryl methyl sites for hydroxylation is 1. The molecular weight excluding hydrogens is 440 g/mol. The van der Waals surface area contributed by atoms with Crippen LogP contribution in [0.5, 0.6) is 0 Å². The van der Waals surface area contributed by atoms with E-state index in [-0.39, 0.29) is 11.2 Å². The number of rotatable bonds is 4. The molecule has 0 N–H and O–H groups in total. The normalized spacial score (nSPS) is 23.6. The van der Waals surface area contributed by atoms with E-state index >= 15 is 0 Å². The van der Waals surface area contributed by atoms with Gasteiger partial charge in [0.2, 0.25) is 0 Å². The fourth-order valence-corrected chi connectivity index (χ4v) is 6.65. The first-order valence-electron chi connectivity index (χ1n) is 13.5. The van der Waals surface area contributed by atoms with Gasteiger partial charge in [-0.25, -0.2) is 0 Å². The van der Waals surface area contributed by atoms with Crippen molar-refractivity contribution in [3.63, 3.8) is 0 Å². The summed E-state index contributed by atoms with van der Waals surface area (Å²) in [6, 6.07) is 13.6. The van der Waals surface area contributed by atoms with E-state index in [1.165, 1.54) is 57.8 Å². The zero-order chi connectivity index (χ0) is 25.4. The first kappa shape index (κ1) is 23.5. The number of anilines is 1. The highest BCUT2D eigenvalue weighted by atomic mass is 16.1. The number of nitrogens with zero attached hydrogens (tertiary/aromatic N) is 2. The summed E-state index contributed by atoms with van der Waals surface area (Å²) in [5.41, 5.74) is 11.1. The molecule has 3 heteroatoms. The zero-order valence-corrected chi connectivity index (χ0v) is 22.6. The van der Waals surface area contributed by atoms with Crippen molar-refractivity contribution in [2.45, 2.75) is 53.0 Å². The maximum atomic E-state index is 12.3. The molecule has 3 nitrogen and oxygen atoms in total. The third kappa shape index (κ3) is 3.63. The van der Waals surface area contributed by atoms with E-state index in [4.69, 9.17) is 0 Å². The summed E-state index contributed by atoms with van der Waals surface area (Å²) in [4.78, 5) is 17.4. The van der Waals surface area contributed by atoms with E-state index in [1.807, 2.05) is 6.07 Å². The van der Waals surface area contributed by atoms with E-state index in [9.17, 15) is 4.79 Å². The van der Waals surface area contributed by atoms with Gasteiger partial charge in [0.1, 0.15) is 0 Å². The molecular formula is C33H38N2O. The summed E-state index contributed by atoms with van der Waals surface area (Å²) in [6.07, 6.45) is 7.27. The second-order valence-corrected chi connectivity index (χ2v) is 12.2. The number of hydrogen-bond donors (Lipinski definition) is 0. The van der Waals surface area contributed by atoms with Gasteiger partial charge in [0, 0.05) is 48.9 Å². The summed E-state index contributed by atoms with van der Waals surface area (Å²) in [7, 11) is 0. The van der Waals surface area contributed by atoms with Crippen LogP contribution >= 0.6 is 0 Å². The van der Waals surface area contributed by atoms with Crippen LogP contribution in [0.3, 0.4) is 0 Å². The predicted molar refractivity (Wildman–Crippen MR) is 150 cm³/mol. The molecule has 0 radical (unpaired) electrons. The van der Waals surface area contributed by atoms with Gasteiger partial charge >= 0.3 is 0 Å². The minimum Gasteiger partial charge on any atom is -0.371 e. The van der Waals surface area contributed by atoms with Gasteiger partial charge in [-0.15, -0.1) is 0 Å². The third-order valence-electron chi connectivity index (χ3n) is 8.83. The predicted octanol–water partition coefficient (Wildman–Crippen LogP) is 6.56. The molecule has 1 unspecified atom stereocenters. The fourth-order valence-electron chi connectivity index (χ4n) is 6.65. The molecule has 36 heavy (non-hydrogen) atoms. The summed E-state index contributed by atoms with van der Waals surface area (Å²) in [5.74, 6) is 1.66. The Labute approximate surface area is 216 Å². The highest BCUT2D eigenvalue weighted by Gasteiger charge is 2.40. The quantitative estimate of drug-likeness (QED) is 0.465. The largest absolute Gasteiger partial charge is 0.371 e. The summed E-state index contributed by atoms with van der Waals surface area (Å²) in [5, 5.41) is 0. The van der Waals surface area contributed by atoms with E-state index in [0.29, 0.717) is 6.04 Å². The Bertz CT molecular complexity index is 1350. The molecule has 0 spiro atoms. The lowest BCUT2D eigenvalue weighted by atomic mass is 9.63. The number of allylic oxidation sites excluding steroid dienone is 3. The van der Waals surface area contributed by atoms with Crippen LogP contribution in [-0.2, 0) is 5.41 Å². The summed E-state index contributed by atoms with van der Waals surface area (Å²) in [6.45, 7) is 17.9. The van der Waals surface area contributed by atoms with Crippen molar-refractivity contribution in [2.75, 3.05) is 31.1 Å². The van der Waals surface area contributed by atoms with Crippen molar-refractivity contribution in [2.24, 2.45) is 11.8 Å². The fraction of sp³-hybridized carbons (Fsp3) is 0.424. The number of Topliss-reactive ketones (excluding diaryl/α,β-unsaturated/α-hetero) is 1. The summed E-state index contributed by atoms with van der Waals surface area (Å²) >= 11 is 0. The van der Waals surface area contributed by atoms with E-state index in [1.54, 1.807) is 6.92 Å². The van der Waals surface area contributed by atoms with Gasteiger partial charge in [-0.2, -0.15) is 0 Å². The molecule has 2 fully saturated rings. The Balaban J connectivity index is 1.56. The molecule has 0 saturated carbocycles. The average molecular weight is 479 g/mol. The highest BCUT2D eigenvalue weighted by molar-refractivity contribution is 5.98. The second kappa shape index (κ2) is 8.31. The smallest absolute Gasteiger partial charge is 0.159 e. The lowest BCUT2D eigenvalue weighted by molar-refractivity contribution is 0.100. The molecule has 2 saturated heterocycles. The number of benzene rings is 2. The van der Waals surface area contributed by atoms with Crippen LogP contribution in [-0.4, -0.2) is 42.9 Å². The standard InChI is InChI=1S/C33H38N2O/c1-20-16-34(17-20)25-9-11-27-30(14-25)33(5,6)31-15-26(35-18-21(2)19-35)10-12-28(31)32(27)29-13-24(23(4)36)8-7-22(29)3/h7-15,20-21,25H,16-19H2,1-6H3. The van der Waals surface area contributed by atoms with Crippen molar-refractivity contribution >= 4 is 17.0 Å². The number of ketones is 1. The molecule has 0 bridgehead atoms. The van der Waals surface area contributed by atoms with Gasteiger partial charge in [-0.1, -0.05) is 64.1 Å². The number of hydrogen-bond acceptors (Lipinski definition) is 3. The Morgan fingerprint density at radius 3 is 2.33 bits per heavy atom. The lowest BCUT2D eigenvalue weighted by Crippen LogP contribution is -2.50. The maximum Gasteiger partial charge on any atom is 0.159 e. The Hall–Kier alpha value is -2.91. The molecule has 6 rings (SSSR count). The number of carbonyl (C=O) groups excluding carboxylic acids is 1. The molecule has 2 aromatic rings. The van der Waals surface area contributed by atoms with Crippen LogP contribution in [0.25, 0.3) is 5.57 Å². The summed E-state index contributed by atoms with van der Waals surface area (Å²) < 4.78 is 0. The molecule has 0 amide bonds. The third-order valence-corrected chi connectivity index (χ3v) is 8.83. The molecule has 2 aliphatic heterocycles. The van der Waals surface area contributed by atoms with Crippen molar-refractivity contribution in [1.29, 1.82) is 0 Å². The monoisotopic (exact) mass is 478 g/mol. The van der Waals surface area contributed by atoms with Gasteiger partial charge in [-0.3, -0.25) is 9.69 Å². The average Bonchev–Trinajstić information content (AvgIpc) is 2.81. The molecule has 0 aromatic heterocycles. The van der Waals surface area contributed by atoms with Gasteiger partial charge in [0.15, 0.2) is 5.78 Å². The molecule has 4 aliphatic rings. The van der Waals surface area contributed by atoms with Crippen LogP contribution in [0.15, 0.2) is 65.8 Å². The first-order valence-corrected chi connectivity index (χ1v) is 13.5. The Kier molecular flexibility index (Phi) is 5.42. The second-order valence-electron chi connectivity index (χ2n) is 12.2. The lowest BCUT2D eigenvalue weighted by Gasteiger charge is -2.46. The Morgan fingerprint density at radius 2 is 1.67 bits per heavy atom. The van der Waals surface area contributed by atoms with E-state index < -0.39 is 0 Å². The molecule has 2 aromatic carbocycles. The molecule has 1 atom stereocenters. The maximum absolute atomic E-state index is 12.3. The minimum absolute atomic E-state index is 0.105. The topological polar surface area (TPSA) is 23.6 Å². The van der Waals surface area contributed by atoms with Crippen LogP contribution in [0.1, 0.15) is 67.2 Å². The van der Waals surface area contributed by atoms with Crippen molar-refractivity contribution in [3.05, 3.63) is 93.6 Å². The Morgan fingerprint density at radius 1 is 0.944 bits per heavy atom. The molecule has 2 heterocycles. The van der Waals surface area contributed by atoms with Gasteiger partial charge in [-0.05, 0) is 82.9 Å². The molecule has 186 valence electrons.